The van der Waals surface area contributed by atoms with Crippen molar-refractivity contribution in [1.29, 1.82) is 0 Å². The Hall–Kier alpha value is -1.67. The molecule has 0 saturated carbocycles. The molecule has 2 aromatic rings. The first kappa shape index (κ1) is 10.5. The van der Waals surface area contributed by atoms with E-state index in [1.807, 2.05) is 30.5 Å². The van der Waals surface area contributed by atoms with Crippen molar-refractivity contribution in [3.8, 4) is 0 Å². The van der Waals surface area contributed by atoms with Gasteiger partial charge in [0.05, 0.1) is 6.10 Å². The molecular weight excluding hydrogens is 210 g/mol. The lowest BCUT2D eigenvalue weighted by Gasteiger charge is -2.14. The second-order valence-electron chi connectivity index (χ2n) is 4.67. The molecule has 3 rings (SSSR count). The molecule has 0 bridgehead atoms. The highest BCUT2D eigenvalue weighted by Gasteiger charge is 2.30. The van der Waals surface area contributed by atoms with Crippen molar-refractivity contribution >= 4 is 0 Å². The summed E-state index contributed by atoms with van der Waals surface area (Å²) in [6.45, 7) is 0. The van der Waals surface area contributed by atoms with E-state index in [9.17, 15) is 5.11 Å². The lowest BCUT2D eigenvalue weighted by atomic mass is 9.95. The van der Waals surface area contributed by atoms with E-state index >= 15 is 0 Å². The minimum atomic E-state index is -0.327. The van der Waals surface area contributed by atoms with Crippen molar-refractivity contribution in [3.05, 3.63) is 65.5 Å². The lowest BCUT2D eigenvalue weighted by Crippen LogP contribution is -2.10. The highest BCUT2D eigenvalue weighted by Crippen LogP contribution is 2.37. The average molecular weight is 225 g/mol. The molecule has 0 fully saturated rings. The van der Waals surface area contributed by atoms with E-state index < -0.39 is 0 Å². The Kier molecular flexibility index (Phi) is 2.65. The molecule has 0 amide bonds. The van der Waals surface area contributed by atoms with Gasteiger partial charge in [0.25, 0.3) is 0 Å². The van der Waals surface area contributed by atoms with Crippen LogP contribution in [0, 0.1) is 5.92 Å². The molecule has 1 aromatic heterocycles. The van der Waals surface area contributed by atoms with Crippen LogP contribution in [0.5, 0.6) is 0 Å². The predicted molar refractivity (Wildman–Crippen MR) is 66.5 cm³/mol. The predicted octanol–water partition coefficient (Wildman–Crippen LogP) is 2.53. The van der Waals surface area contributed by atoms with E-state index in [1.165, 1.54) is 11.1 Å². The Morgan fingerprint density at radius 3 is 2.82 bits per heavy atom. The van der Waals surface area contributed by atoms with Crippen LogP contribution < -0.4 is 0 Å². The standard InChI is InChI=1S/C15H15NO/c17-15-13(8-11-4-3-7-16-10-11)9-12-5-1-2-6-14(12)15/h1-7,10,13,15,17H,8-9H2. The summed E-state index contributed by atoms with van der Waals surface area (Å²) in [6.07, 6.45) is 5.20. The van der Waals surface area contributed by atoms with Crippen LogP contribution in [0.25, 0.3) is 0 Å². The summed E-state index contributed by atoms with van der Waals surface area (Å²) in [6, 6.07) is 12.2. The van der Waals surface area contributed by atoms with E-state index in [4.69, 9.17) is 0 Å². The number of rotatable bonds is 2. The lowest BCUT2D eigenvalue weighted by molar-refractivity contribution is 0.123. The fraction of sp³-hybridized carbons (Fsp3) is 0.267. The van der Waals surface area contributed by atoms with Crippen LogP contribution >= 0.6 is 0 Å². The van der Waals surface area contributed by atoms with Gasteiger partial charge in [0.15, 0.2) is 0 Å². The van der Waals surface area contributed by atoms with Crippen molar-refractivity contribution in [3.63, 3.8) is 0 Å². The third-order valence-corrected chi connectivity index (χ3v) is 3.52. The number of pyridine rings is 1. The molecule has 2 atom stereocenters. The molecule has 17 heavy (non-hydrogen) atoms. The molecule has 1 N–H and O–H groups in total. The molecule has 0 radical (unpaired) electrons. The van der Waals surface area contributed by atoms with E-state index in [1.54, 1.807) is 6.20 Å². The Morgan fingerprint density at radius 2 is 2.06 bits per heavy atom. The average Bonchev–Trinajstić information content (AvgIpc) is 2.68. The van der Waals surface area contributed by atoms with Gasteiger partial charge < -0.3 is 5.11 Å². The number of fused-ring (bicyclic) bond motifs is 1. The number of benzene rings is 1. The molecule has 2 nitrogen and oxygen atoms in total. The van der Waals surface area contributed by atoms with Gasteiger partial charge >= 0.3 is 0 Å². The van der Waals surface area contributed by atoms with Gasteiger partial charge in [0.1, 0.15) is 0 Å². The summed E-state index contributed by atoms with van der Waals surface area (Å²) < 4.78 is 0. The zero-order valence-electron chi connectivity index (χ0n) is 9.58. The molecule has 1 aromatic carbocycles. The summed E-state index contributed by atoms with van der Waals surface area (Å²) in [7, 11) is 0. The number of hydrogen-bond acceptors (Lipinski definition) is 2. The Labute approximate surface area is 101 Å². The Bertz CT molecular complexity index is 509. The van der Waals surface area contributed by atoms with Crippen molar-refractivity contribution < 1.29 is 5.11 Å². The number of aliphatic hydroxyl groups excluding tert-OH is 1. The van der Waals surface area contributed by atoms with Crippen LogP contribution in [-0.4, -0.2) is 10.1 Å². The van der Waals surface area contributed by atoms with Gasteiger partial charge in [0, 0.05) is 12.4 Å². The van der Waals surface area contributed by atoms with E-state index in [2.05, 4.69) is 17.1 Å². The third-order valence-electron chi connectivity index (χ3n) is 3.52. The molecule has 86 valence electrons. The molecule has 0 aliphatic heterocycles. The smallest absolute Gasteiger partial charge is 0.0827 e. The van der Waals surface area contributed by atoms with Crippen molar-refractivity contribution in [2.24, 2.45) is 5.92 Å². The molecule has 0 saturated heterocycles. The fourth-order valence-electron chi connectivity index (χ4n) is 2.66. The third kappa shape index (κ3) is 1.96. The van der Waals surface area contributed by atoms with Crippen LogP contribution in [0.1, 0.15) is 22.8 Å². The molecule has 2 unspecified atom stereocenters. The molecule has 1 aliphatic rings. The number of aromatic nitrogens is 1. The van der Waals surface area contributed by atoms with Crippen LogP contribution in [0.15, 0.2) is 48.8 Å². The normalized spacial score (nSPS) is 22.4. The van der Waals surface area contributed by atoms with Crippen molar-refractivity contribution in [1.82, 2.24) is 4.98 Å². The van der Waals surface area contributed by atoms with E-state index in [0.717, 1.165) is 18.4 Å². The molecule has 0 spiro atoms. The van der Waals surface area contributed by atoms with Crippen molar-refractivity contribution in [2.45, 2.75) is 18.9 Å². The SMILES string of the molecule is OC1c2ccccc2CC1Cc1cccnc1. The number of aliphatic hydroxyl groups is 1. The zero-order chi connectivity index (χ0) is 11.7. The summed E-state index contributed by atoms with van der Waals surface area (Å²) in [5.74, 6) is 0.289. The number of nitrogens with zero attached hydrogens (tertiary/aromatic N) is 1. The monoisotopic (exact) mass is 225 g/mol. The summed E-state index contributed by atoms with van der Waals surface area (Å²) in [5.41, 5.74) is 3.58. The van der Waals surface area contributed by atoms with Gasteiger partial charge in [0.2, 0.25) is 0 Å². The van der Waals surface area contributed by atoms with E-state index in [0.29, 0.717) is 0 Å². The van der Waals surface area contributed by atoms with Gasteiger partial charge in [-0.2, -0.15) is 0 Å². The maximum absolute atomic E-state index is 10.3. The maximum Gasteiger partial charge on any atom is 0.0827 e. The second-order valence-corrected chi connectivity index (χ2v) is 4.67. The van der Waals surface area contributed by atoms with Gasteiger partial charge in [-0.25, -0.2) is 0 Å². The zero-order valence-corrected chi connectivity index (χ0v) is 9.58. The molecule has 1 aliphatic carbocycles. The first-order valence-electron chi connectivity index (χ1n) is 5.99. The van der Waals surface area contributed by atoms with Gasteiger partial charge in [-0.15, -0.1) is 0 Å². The second kappa shape index (κ2) is 4.30. The maximum atomic E-state index is 10.3. The van der Waals surface area contributed by atoms with Gasteiger partial charge in [-0.05, 0) is 41.5 Å². The highest BCUT2D eigenvalue weighted by atomic mass is 16.3. The quantitative estimate of drug-likeness (QED) is 0.852. The van der Waals surface area contributed by atoms with Gasteiger partial charge in [-0.1, -0.05) is 30.3 Å². The Balaban J connectivity index is 1.81. The Morgan fingerprint density at radius 1 is 1.18 bits per heavy atom. The fourth-order valence-corrected chi connectivity index (χ4v) is 2.66. The van der Waals surface area contributed by atoms with Gasteiger partial charge in [-0.3, -0.25) is 4.98 Å². The topological polar surface area (TPSA) is 33.1 Å². The van der Waals surface area contributed by atoms with E-state index in [-0.39, 0.29) is 12.0 Å². The summed E-state index contributed by atoms with van der Waals surface area (Å²) in [5, 5.41) is 10.3. The minimum absolute atomic E-state index is 0.289. The largest absolute Gasteiger partial charge is 0.388 e. The molecule has 1 heterocycles. The first-order valence-corrected chi connectivity index (χ1v) is 5.99. The highest BCUT2D eigenvalue weighted by molar-refractivity contribution is 5.35. The summed E-state index contributed by atoms with van der Waals surface area (Å²) >= 11 is 0. The molecular formula is C15H15NO. The van der Waals surface area contributed by atoms with Crippen molar-refractivity contribution in [2.75, 3.05) is 0 Å². The number of hydrogen-bond donors (Lipinski definition) is 1. The summed E-state index contributed by atoms with van der Waals surface area (Å²) in [4.78, 5) is 4.12. The molecule has 2 heteroatoms. The van der Waals surface area contributed by atoms with Crippen LogP contribution in [-0.2, 0) is 12.8 Å². The van der Waals surface area contributed by atoms with Crippen LogP contribution in [0.4, 0.5) is 0 Å². The first-order chi connectivity index (χ1) is 8.34. The van der Waals surface area contributed by atoms with Crippen LogP contribution in [0.3, 0.4) is 0 Å². The minimum Gasteiger partial charge on any atom is -0.388 e. The van der Waals surface area contributed by atoms with Crippen LogP contribution in [0.2, 0.25) is 0 Å².